The fourth-order valence-electron chi connectivity index (χ4n) is 1.19. The van der Waals surface area contributed by atoms with E-state index in [-0.39, 0.29) is 11.3 Å². The van der Waals surface area contributed by atoms with Gasteiger partial charge in [0.05, 0.1) is 5.56 Å². The zero-order chi connectivity index (χ0) is 9.42. The van der Waals surface area contributed by atoms with Crippen LogP contribution in [0.15, 0.2) is 24.0 Å². The molecule has 0 unspecified atom stereocenters. The van der Waals surface area contributed by atoms with Gasteiger partial charge < -0.3 is 9.84 Å². The Bertz CT molecular complexity index is 385. The summed E-state index contributed by atoms with van der Waals surface area (Å²) in [5.41, 5.74) is 0.0590. The summed E-state index contributed by atoms with van der Waals surface area (Å²) in [6, 6.07) is 3.97. The third-order valence-electron chi connectivity index (χ3n) is 1.82. The number of ether oxygens (including phenoxy) is 1. The molecule has 0 bridgehead atoms. The summed E-state index contributed by atoms with van der Waals surface area (Å²) in [5, 5.41) is 9.21. The van der Waals surface area contributed by atoms with Crippen molar-refractivity contribution in [2.75, 3.05) is 6.61 Å². The van der Waals surface area contributed by atoms with Gasteiger partial charge in [-0.3, -0.25) is 0 Å². The van der Waals surface area contributed by atoms with Crippen molar-refractivity contribution < 1.29 is 18.6 Å². The monoisotopic (exact) mass is 184 g/mol. The number of hydrogen-bond acceptors (Lipinski definition) is 2. The Morgan fingerprint density at radius 2 is 2.08 bits per heavy atom. The van der Waals surface area contributed by atoms with Gasteiger partial charge in [0.15, 0.2) is 23.2 Å². The van der Waals surface area contributed by atoms with E-state index < -0.39 is 24.0 Å². The molecule has 13 heavy (non-hydrogen) atoms. The first-order valence-corrected chi connectivity index (χ1v) is 3.69. The summed E-state index contributed by atoms with van der Waals surface area (Å²) in [6.45, 7) is -0.417. The van der Waals surface area contributed by atoms with Gasteiger partial charge in [-0.05, 0) is 12.1 Å². The molecule has 1 aromatic carbocycles. The van der Waals surface area contributed by atoms with Crippen molar-refractivity contribution in [1.29, 1.82) is 0 Å². The van der Waals surface area contributed by atoms with E-state index in [2.05, 4.69) is 0 Å². The lowest BCUT2D eigenvalue weighted by Crippen LogP contribution is -2.09. The lowest BCUT2D eigenvalue weighted by Gasteiger charge is -2.16. The molecule has 1 heterocycles. The molecule has 0 aliphatic carbocycles. The molecule has 0 saturated carbocycles. The van der Waals surface area contributed by atoms with Gasteiger partial charge in [0.2, 0.25) is 0 Å². The van der Waals surface area contributed by atoms with Gasteiger partial charge in [0.25, 0.3) is 0 Å². The second-order valence-corrected chi connectivity index (χ2v) is 2.66. The van der Waals surface area contributed by atoms with E-state index in [4.69, 9.17) is 4.74 Å². The van der Waals surface area contributed by atoms with Gasteiger partial charge in [0, 0.05) is 0 Å². The maximum absolute atomic E-state index is 13.0. The second-order valence-electron chi connectivity index (χ2n) is 2.66. The molecule has 68 valence electrons. The van der Waals surface area contributed by atoms with Gasteiger partial charge in [-0.2, -0.15) is 0 Å². The molecule has 0 atom stereocenters. The highest BCUT2D eigenvalue weighted by Crippen LogP contribution is 2.33. The number of benzene rings is 1. The Labute approximate surface area is 73.1 Å². The van der Waals surface area contributed by atoms with E-state index in [9.17, 15) is 13.9 Å². The first-order valence-electron chi connectivity index (χ1n) is 3.69. The summed E-state index contributed by atoms with van der Waals surface area (Å²) >= 11 is 0. The van der Waals surface area contributed by atoms with Crippen molar-refractivity contribution >= 4 is 5.76 Å². The van der Waals surface area contributed by atoms with E-state index in [0.29, 0.717) is 0 Å². The minimum absolute atomic E-state index is 0.0590. The third-order valence-corrected chi connectivity index (χ3v) is 1.82. The normalized spacial score (nSPS) is 15.2. The molecule has 1 aromatic rings. The van der Waals surface area contributed by atoms with Crippen molar-refractivity contribution in [1.82, 2.24) is 0 Å². The topological polar surface area (TPSA) is 29.5 Å². The minimum Gasteiger partial charge on any atom is -0.504 e. The van der Waals surface area contributed by atoms with Crippen molar-refractivity contribution in [3.05, 3.63) is 35.4 Å². The Morgan fingerprint density at radius 1 is 1.31 bits per heavy atom. The van der Waals surface area contributed by atoms with E-state index in [1.165, 1.54) is 18.2 Å². The maximum atomic E-state index is 13.0. The number of para-hydroxylation sites is 1. The number of aliphatic hydroxyl groups is 1. The van der Waals surface area contributed by atoms with Gasteiger partial charge in [-0.25, -0.2) is 8.78 Å². The number of halogens is 2. The molecule has 0 saturated heterocycles. The van der Waals surface area contributed by atoms with E-state index >= 15 is 0 Å². The molecule has 0 fully saturated rings. The van der Waals surface area contributed by atoms with Crippen LogP contribution in [0.3, 0.4) is 0 Å². The predicted molar refractivity (Wildman–Crippen MR) is 42.6 cm³/mol. The molecular weight excluding hydrogens is 178 g/mol. The maximum Gasteiger partial charge on any atom is 0.180 e. The van der Waals surface area contributed by atoms with Crippen LogP contribution in [0, 0.1) is 5.82 Å². The molecule has 0 amide bonds. The smallest absolute Gasteiger partial charge is 0.180 e. The van der Waals surface area contributed by atoms with Gasteiger partial charge in [0.1, 0.15) is 6.61 Å². The fourth-order valence-corrected chi connectivity index (χ4v) is 1.19. The molecule has 0 radical (unpaired) electrons. The fraction of sp³-hybridized carbons (Fsp3) is 0.111. The highest BCUT2D eigenvalue weighted by atomic mass is 19.1. The molecule has 0 spiro atoms. The van der Waals surface area contributed by atoms with Crippen LogP contribution in [0.25, 0.3) is 5.76 Å². The summed E-state index contributed by atoms with van der Waals surface area (Å²) in [4.78, 5) is 0. The van der Waals surface area contributed by atoms with Crippen LogP contribution < -0.4 is 4.74 Å². The summed E-state index contributed by atoms with van der Waals surface area (Å²) in [7, 11) is 0. The van der Waals surface area contributed by atoms with Gasteiger partial charge >= 0.3 is 0 Å². The minimum atomic E-state index is -0.780. The summed E-state index contributed by atoms with van der Waals surface area (Å²) in [5.74, 6) is -2.02. The highest BCUT2D eigenvalue weighted by Gasteiger charge is 2.22. The molecule has 4 heteroatoms. The van der Waals surface area contributed by atoms with E-state index in [1.807, 2.05) is 0 Å². The lowest BCUT2D eigenvalue weighted by molar-refractivity contribution is 0.283. The van der Waals surface area contributed by atoms with Crippen LogP contribution in [0.2, 0.25) is 0 Å². The standard InChI is InChI=1S/C9H6F2O2/c10-6-3-1-2-5-8(12)7(11)4-13-9(5)6/h1-3,12H,4H2. The molecule has 2 rings (SSSR count). The number of rotatable bonds is 0. The average Bonchev–Trinajstić information content (AvgIpc) is 2.12. The van der Waals surface area contributed by atoms with Crippen molar-refractivity contribution in [2.45, 2.75) is 0 Å². The molecular formula is C9H6F2O2. The predicted octanol–water partition coefficient (Wildman–Crippen LogP) is 2.41. The lowest BCUT2D eigenvalue weighted by atomic mass is 10.1. The average molecular weight is 184 g/mol. The zero-order valence-corrected chi connectivity index (χ0v) is 6.55. The quantitative estimate of drug-likeness (QED) is 0.670. The SMILES string of the molecule is OC1=C(F)COc2c(F)cccc21. The van der Waals surface area contributed by atoms with Crippen LogP contribution in [0.1, 0.15) is 5.56 Å². The Kier molecular flexibility index (Phi) is 1.69. The first-order chi connectivity index (χ1) is 6.20. The van der Waals surface area contributed by atoms with Crippen LogP contribution in [-0.4, -0.2) is 11.7 Å². The Hall–Kier alpha value is -1.58. The first kappa shape index (κ1) is 8.04. The summed E-state index contributed by atoms with van der Waals surface area (Å²) in [6.07, 6.45) is 0. The summed E-state index contributed by atoms with van der Waals surface area (Å²) < 4.78 is 30.5. The number of fused-ring (bicyclic) bond motifs is 1. The molecule has 2 nitrogen and oxygen atoms in total. The van der Waals surface area contributed by atoms with Crippen LogP contribution in [0.4, 0.5) is 8.78 Å². The molecule has 0 aromatic heterocycles. The van der Waals surface area contributed by atoms with E-state index in [1.54, 1.807) is 0 Å². The zero-order valence-electron chi connectivity index (χ0n) is 6.55. The Morgan fingerprint density at radius 3 is 2.85 bits per heavy atom. The van der Waals surface area contributed by atoms with Crippen LogP contribution in [-0.2, 0) is 0 Å². The molecule has 1 aliphatic rings. The van der Waals surface area contributed by atoms with Crippen molar-refractivity contribution in [2.24, 2.45) is 0 Å². The van der Waals surface area contributed by atoms with E-state index in [0.717, 1.165) is 0 Å². The van der Waals surface area contributed by atoms with Gasteiger partial charge in [-0.1, -0.05) is 6.07 Å². The molecule has 1 N–H and O–H groups in total. The van der Waals surface area contributed by atoms with Crippen LogP contribution >= 0.6 is 0 Å². The van der Waals surface area contributed by atoms with Crippen molar-refractivity contribution in [3.8, 4) is 5.75 Å². The third kappa shape index (κ3) is 1.14. The molecule has 1 aliphatic heterocycles. The number of hydrogen-bond donors (Lipinski definition) is 1. The second kappa shape index (κ2) is 2.73. The largest absolute Gasteiger partial charge is 0.504 e. The highest BCUT2D eigenvalue weighted by molar-refractivity contribution is 5.68. The Balaban J connectivity index is 2.64. The van der Waals surface area contributed by atoms with Crippen molar-refractivity contribution in [3.63, 3.8) is 0 Å². The van der Waals surface area contributed by atoms with Crippen LogP contribution in [0.5, 0.6) is 5.75 Å². The number of aliphatic hydroxyl groups excluding tert-OH is 1. The van der Waals surface area contributed by atoms with Gasteiger partial charge in [-0.15, -0.1) is 0 Å².